The minimum absolute atomic E-state index is 0.255. The Morgan fingerprint density at radius 2 is 2.04 bits per heavy atom. The summed E-state index contributed by atoms with van der Waals surface area (Å²) >= 11 is 0. The highest BCUT2D eigenvalue weighted by Crippen LogP contribution is 2.22. The molecular formula is C18H23FN4O. The summed E-state index contributed by atoms with van der Waals surface area (Å²) in [6, 6.07) is 6.68. The molecule has 5 nitrogen and oxygen atoms in total. The van der Waals surface area contributed by atoms with E-state index in [-0.39, 0.29) is 18.0 Å². The molecular weight excluding hydrogens is 307 g/mol. The predicted octanol–water partition coefficient (Wildman–Crippen LogP) is 1.65. The highest BCUT2D eigenvalue weighted by atomic mass is 19.1. The van der Waals surface area contributed by atoms with Crippen molar-refractivity contribution in [2.24, 2.45) is 0 Å². The zero-order valence-corrected chi connectivity index (χ0v) is 13.7. The van der Waals surface area contributed by atoms with Crippen LogP contribution in [0, 0.1) is 5.82 Å². The lowest BCUT2D eigenvalue weighted by Gasteiger charge is -2.25. The fourth-order valence-corrected chi connectivity index (χ4v) is 3.87. The molecule has 0 bridgehead atoms. The van der Waals surface area contributed by atoms with E-state index < -0.39 is 0 Å². The number of benzene rings is 1. The van der Waals surface area contributed by atoms with Crippen LogP contribution in [-0.2, 0) is 6.54 Å². The zero-order chi connectivity index (χ0) is 16.5. The number of aromatic nitrogens is 2. The second-order valence-corrected chi connectivity index (χ2v) is 6.84. The first-order valence-corrected chi connectivity index (χ1v) is 8.63. The van der Waals surface area contributed by atoms with Crippen LogP contribution < -0.4 is 0 Å². The van der Waals surface area contributed by atoms with Crippen LogP contribution in [0.5, 0.6) is 0 Å². The van der Waals surface area contributed by atoms with E-state index in [0.717, 1.165) is 37.4 Å². The van der Waals surface area contributed by atoms with E-state index in [2.05, 4.69) is 14.9 Å². The summed E-state index contributed by atoms with van der Waals surface area (Å²) in [7, 11) is 0. The van der Waals surface area contributed by atoms with Crippen molar-refractivity contribution < 1.29 is 9.50 Å². The minimum atomic E-state index is -0.277. The van der Waals surface area contributed by atoms with Crippen molar-refractivity contribution in [3.63, 3.8) is 0 Å². The Kier molecular flexibility index (Phi) is 4.35. The SMILES string of the molecule is O[C@@H]1CN(Cc2cnn(-c3cccc(F)c3)c2)C[C@H]1N1CCCC1. The summed E-state index contributed by atoms with van der Waals surface area (Å²) in [5, 5.41) is 14.7. The molecule has 2 aliphatic heterocycles. The smallest absolute Gasteiger partial charge is 0.125 e. The van der Waals surface area contributed by atoms with Crippen LogP contribution in [0.3, 0.4) is 0 Å². The Morgan fingerprint density at radius 3 is 2.83 bits per heavy atom. The molecule has 3 heterocycles. The van der Waals surface area contributed by atoms with Crippen molar-refractivity contribution in [1.29, 1.82) is 0 Å². The Bertz CT molecular complexity index is 698. The van der Waals surface area contributed by atoms with Crippen LogP contribution in [0.2, 0.25) is 0 Å². The topological polar surface area (TPSA) is 44.5 Å². The number of halogens is 1. The number of aliphatic hydroxyl groups is 1. The molecule has 0 amide bonds. The third-order valence-electron chi connectivity index (χ3n) is 5.06. The number of hydrogen-bond acceptors (Lipinski definition) is 4. The van der Waals surface area contributed by atoms with E-state index in [4.69, 9.17) is 0 Å². The predicted molar refractivity (Wildman–Crippen MR) is 89.4 cm³/mol. The van der Waals surface area contributed by atoms with Gasteiger partial charge in [0.15, 0.2) is 0 Å². The van der Waals surface area contributed by atoms with E-state index in [1.165, 1.54) is 25.0 Å². The fraction of sp³-hybridized carbons (Fsp3) is 0.500. The Morgan fingerprint density at radius 1 is 1.21 bits per heavy atom. The third-order valence-corrected chi connectivity index (χ3v) is 5.06. The van der Waals surface area contributed by atoms with Gasteiger partial charge in [-0.25, -0.2) is 9.07 Å². The summed E-state index contributed by atoms with van der Waals surface area (Å²) in [5.41, 5.74) is 1.80. The lowest BCUT2D eigenvalue weighted by atomic mass is 10.2. The number of nitrogens with zero attached hydrogens (tertiary/aromatic N) is 4. The second kappa shape index (κ2) is 6.63. The third kappa shape index (κ3) is 3.22. The maximum atomic E-state index is 13.3. The largest absolute Gasteiger partial charge is 0.390 e. The summed E-state index contributed by atoms with van der Waals surface area (Å²) in [6.07, 6.45) is 5.96. The Labute approximate surface area is 141 Å². The maximum Gasteiger partial charge on any atom is 0.125 e. The van der Waals surface area contributed by atoms with E-state index in [1.54, 1.807) is 10.7 Å². The van der Waals surface area contributed by atoms with Gasteiger partial charge in [-0.3, -0.25) is 9.80 Å². The molecule has 2 atom stereocenters. The molecule has 2 aliphatic rings. The highest BCUT2D eigenvalue weighted by molar-refractivity contribution is 5.31. The highest BCUT2D eigenvalue weighted by Gasteiger charge is 2.36. The van der Waals surface area contributed by atoms with Crippen molar-refractivity contribution in [3.05, 3.63) is 48.0 Å². The number of hydrogen-bond donors (Lipinski definition) is 1. The Balaban J connectivity index is 1.41. The first-order chi connectivity index (χ1) is 11.7. The van der Waals surface area contributed by atoms with Crippen molar-refractivity contribution in [1.82, 2.24) is 19.6 Å². The summed E-state index contributed by atoms with van der Waals surface area (Å²) in [6.45, 7) is 4.56. The lowest BCUT2D eigenvalue weighted by Crippen LogP contribution is -2.41. The van der Waals surface area contributed by atoms with E-state index >= 15 is 0 Å². The van der Waals surface area contributed by atoms with Crippen molar-refractivity contribution >= 4 is 0 Å². The molecule has 4 rings (SSSR count). The minimum Gasteiger partial charge on any atom is -0.390 e. The van der Waals surface area contributed by atoms with Gasteiger partial charge in [0.25, 0.3) is 0 Å². The monoisotopic (exact) mass is 330 g/mol. The lowest BCUT2D eigenvalue weighted by molar-refractivity contribution is 0.0978. The zero-order valence-electron chi connectivity index (χ0n) is 13.7. The van der Waals surface area contributed by atoms with Crippen molar-refractivity contribution in [3.8, 4) is 5.69 Å². The van der Waals surface area contributed by atoms with Gasteiger partial charge in [0.2, 0.25) is 0 Å². The average molecular weight is 330 g/mol. The van der Waals surface area contributed by atoms with E-state index in [1.807, 2.05) is 18.5 Å². The molecule has 2 saturated heterocycles. The van der Waals surface area contributed by atoms with Crippen molar-refractivity contribution in [2.45, 2.75) is 31.5 Å². The van der Waals surface area contributed by atoms with Crippen LogP contribution in [0.25, 0.3) is 5.69 Å². The van der Waals surface area contributed by atoms with Gasteiger partial charge in [0, 0.05) is 37.4 Å². The van der Waals surface area contributed by atoms with Gasteiger partial charge >= 0.3 is 0 Å². The fourth-order valence-electron chi connectivity index (χ4n) is 3.87. The molecule has 2 aromatic rings. The number of likely N-dealkylation sites (tertiary alicyclic amines) is 2. The standard InChI is InChI=1S/C18H23FN4O/c19-15-4-3-5-16(8-15)23-11-14(9-20-23)10-21-12-17(18(24)13-21)22-6-1-2-7-22/h3-5,8-9,11,17-18,24H,1-2,6-7,10,12-13H2/t17-,18-/m1/s1. The van der Waals surface area contributed by atoms with Crippen LogP contribution >= 0.6 is 0 Å². The molecule has 0 saturated carbocycles. The van der Waals surface area contributed by atoms with Gasteiger partial charge < -0.3 is 5.11 Å². The van der Waals surface area contributed by atoms with Gasteiger partial charge in [-0.05, 0) is 44.1 Å². The van der Waals surface area contributed by atoms with E-state index in [9.17, 15) is 9.50 Å². The van der Waals surface area contributed by atoms with Gasteiger partial charge in [-0.15, -0.1) is 0 Å². The van der Waals surface area contributed by atoms with E-state index in [0.29, 0.717) is 6.54 Å². The first kappa shape index (κ1) is 15.7. The van der Waals surface area contributed by atoms with Crippen LogP contribution in [0.1, 0.15) is 18.4 Å². The Hall–Kier alpha value is -1.76. The summed E-state index contributed by atoms with van der Waals surface area (Å²) in [4.78, 5) is 4.70. The number of rotatable bonds is 4. The molecule has 6 heteroatoms. The summed E-state index contributed by atoms with van der Waals surface area (Å²) < 4.78 is 15.0. The molecule has 24 heavy (non-hydrogen) atoms. The number of aliphatic hydroxyl groups excluding tert-OH is 1. The molecule has 128 valence electrons. The quantitative estimate of drug-likeness (QED) is 0.926. The molecule has 1 N–H and O–H groups in total. The maximum absolute atomic E-state index is 13.3. The van der Waals surface area contributed by atoms with Crippen LogP contribution in [-0.4, -0.2) is 63.0 Å². The molecule has 2 fully saturated rings. The molecule has 1 aromatic heterocycles. The van der Waals surface area contributed by atoms with Crippen LogP contribution in [0.15, 0.2) is 36.7 Å². The van der Waals surface area contributed by atoms with Gasteiger partial charge in [0.1, 0.15) is 5.82 Å². The van der Waals surface area contributed by atoms with Gasteiger partial charge in [0.05, 0.1) is 18.0 Å². The molecule has 1 aromatic carbocycles. The normalized spacial score (nSPS) is 25.6. The van der Waals surface area contributed by atoms with Crippen LogP contribution in [0.4, 0.5) is 4.39 Å². The molecule has 0 aliphatic carbocycles. The van der Waals surface area contributed by atoms with Gasteiger partial charge in [-0.2, -0.15) is 5.10 Å². The summed E-state index contributed by atoms with van der Waals surface area (Å²) in [5.74, 6) is -0.263. The molecule has 0 spiro atoms. The van der Waals surface area contributed by atoms with Crippen molar-refractivity contribution in [2.75, 3.05) is 26.2 Å². The second-order valence-electron chi connectivity index (χ2n) is 6.84. The average Bonchev–Trinajstić information content (AvgIpc) is 3.29. The molecule has 0 radical (unpaired) electrons. The number of β-amino-alcohol motifs (C(OH)–C–C–N with tert-alkyl or cyclic N) is 1. The first-order valence-electron chi connectivity index (χ1n) is 8.63. The molecule has 0 unspecified atom stereocenters. The van der Waals surface area contributed by atoms with Gasteiger partial charge in [-0.1, -0.05) is 6.07 Å².